The second kappa shape index (κ2) is 8.07. The largest absolute Gasteiger partial charge is 0.478 e. The lowest BCUT2D eigenvalue weighted by Crippen LogP contribution is -2.16. The molecule has 0 unspecified atom stereocenters. The molecule has 9 nitrogen and oxygen atoms in total. The lowest BCUT2D eigenvalue weighted by atomic mass is 9.93. The predicted octanol–water partition coefficient (Wildman–Crippen LogP) is 2.85. The highest BCUT2D eigenvalue weighted by Crippen LogP contribution is 2.26. The Hall–Kier alpha value is -2.79. The van der Waals surface area contributed by atoms with Crippen molar-refractivity contribution >= 4 is 40.1 Å². The maximum atomic E-state index is 12.2. The summed E-state index contributed by atoms with van der Waals surface area (Å²) in [6.45, 7) is 6.19. The van der Waals surface area contributed by atoms with Crippen LogP contribution in [0.1, 0.15) is 36.8 Å². The first-order chi connectivity index (χ1) is 13.2. The highest BCUT2D eigenvalue weighted by Gasteiger charge is 2.18. The number of carboxylic acid groups (broad SMARTS) is 1. The average molecular weight is 419 g/mol. The summed E-state index contributed by atoms with van der Waals surface area (Å²) in [5, 5.41) is 26.1. The molecule has 0 spiro atoms. The molecular formula is C17H18N6O3S2. The van der Waals surface area contributed by atoms with E-state index in [4.69, 9.17) is 5.11 Å². The topological polar surface area (TPSA) is 123 Å². The molecule has 146 valence electrons. The average Bonchev–Trinajstić information content (AvgIpc) is 3.29. The number of carboxylic acids is 1. The summed E-state index contributed by atoms with van der Waals surface area (Å²) in [6, 6.07) is 6.15. The number of nitrogens with one attached hydrogen (secondary N) is 1. The molecule has 2 aromatic heterocycles. The van der Waals surface area contributed by atoms with E-state index in [2.05, 4.69) is 46.6 Å². The van der Waals surface area contributed by atoms with E-state index in [1.165, 1.54) is 39.9 Å². The van der Waals surface area contributed by atoms with Gasteiger partial charge in [-0.05, 0) is 34.7 Å². The van der Waals surface area contributed by atoms with E-state index >= 15 is 0 Å². The summed E-state index contributed by atoms with van der Waals surface area (Å²) < 4.78 is 1.45. The first-order valence-corrected chi connectivity index (χ1v) is 10.1. The van der Waals surface area contributed by atoms with Gasteiger partial charge >= 0.3 is 5.97 Å². The molecule has 0 bridgehead atoms. The summed E-state index contributed by atoms with van der Waals surface area (Å²) in [5.74, 6) is -1.11. The van der Waals surface area contributed by atoms with Crippen molar-refractivity contribution in [2.24, 2.45) is 0 Å². The van der Waals surface area contributed by atoms with Crippen LogP contribution in [0.4, 0.5) is 5.13 Å². The van der Waals surface area contributed by atoms with Gasteiger partial charge in [0, 0.05) is 10.8 Å². The lowest BCUT2D eigenvalue weighted by molar-refractivity contribution is -0.113. The molecule has 2 N–H and O–H groups in total. The number of anilines is 1. The minimum absolute atomic E-state index is 0.0769. The number of amides is 1. The van der Waals surface area contributed by atoms with Gasteiger partial charge in [-0.3, -0.25) is 4.79 Å². The zero-order valence-electron chi connectivity index (χ0n) is 15.4. The SMILES string of the molecule is CC(C)(C)c1csc(NC(=O)CSc2nnnn2-c2ccc(C(=O)O)cc2)n1. The normalized spacial score (nSPS) is 11.4. The Bertz CT molecular complexity index is 991. The zero-order chi connectivity index (χ0) is 20.3. The van der Waals surface area contributed by atoms with Crippen molar-refractivity contribution in [3.8, 4) is 5.69 Å². The monoisotopic (exact) mass is 418 g/mol. The number of hydrogen-bond donors (Lipinski definition) is 2. The number of thioether (sulfide) groups is 1. The molecule has 1 aromatic carbocycles. The third kappa shape index (κ3) is 4.73. The quantitative estimate of drug-likeness (QED) is 0.586. The molecule has 2 heterocycles. The van der Waals surface area contributed by atoms with Crippen LogP contribution in [0.25, 0.3) is 5.69 Å². The molecule has 1 amide bonds. The molecule has 0 fully saturated rings. The van der Waals surface area contributed by atoms with Crippen LogP contribution >= 0.6 is 23.1 Å². The molecule has 0 radical (unpaired) electrons. The number of hydrogen-bond acceptors (Lipinski definition) is 8. The smallest absolute Gasteiger partial charge is 0.335 e. The summed E-state index contributed by atoms with van der Waals surface area (Å²) in [6.07, 6.45) is 0. The fraction of sp³-hybridized carbons (Fsp3) is 0.294. The van der Waals surface area contributed by atoms with Gasteiger partial charge in [-0.15, -0.1) is 16.4 Å². The second-order valence-electron chi connectivity index (χ2n) is 6.85. The van der Waals surface area contributed by atoms with Crippen LogP contribution in [0.5, 0.6) is 0 Å². The van der Waals surface area contributed by atoms with Crippen LogP contribution in [-0.4, -0.2) is 47.9 Å². The van der Waals surface area contributed by atoms with E-state index in [-0.39, 0.29) is 22.6 Å². The Kier molecular flexibility index (Phi) is 5.75. The van der Waals surface area contributed by atoms with Gasteiger partial charge < -0.3 is 10.4 Å². The minimum atomic E-state index is -1.01. The maximum Gasteiger partial charge on any atom is 0.335 e. The van der Waals surface area contributed by atoms with Crippen molar-refractivity contribution in [3.63, 3.8) is 0 Å². The molecule has 0 atom stereocenters. The Morgan fingerprint density at radius 3 is 2.57 bits per heavy atom. The van der Waals surface area contributed by atoms with Crippen LogP contribution in [0, 0.1) is 0 Å². The Balaban J connectivity index is 1.62. The van der Waals surface area contributed by atoms with Crippen LogP contribution < -0.4 is 5.32 Å². The van der Waals surface area contributed by atoms with Gasteiger partial charge in [0.25, 0.3) is 0 Å². The number of aromatic carboxylic acids is 1. The number of tetrazole rings is 1. The highest BCUT2D eigenvalue weighted by atomic mass is 32.2. The number of carbonyl (C=O) groups is 2. The second-order valence-corrected chi connectivity index (χ2v) is 8.65. The number of rotatable bonds is 6. The summed E-state index contributed by atoms with van der Waals surface area (Å²) >= 11 is 2.56. The van der Waals surface area contributed by atoms with Gasteiger partial charge in [0.05, 0.1) is 22.7 Å². The molecule has 3 rings (SSSR count). The third-order valence-electron chi connectivity index (χ3n) is 3.65. The summed E-state index contributed by atoms with van der Waals surface area (Å²) in [7, 11) is 0. The number of carbonyl (C=O) groups excluding carboxylic acids is 1. The highest BCUT2D eigenvalue weighted by molar-refractivity contribution is 7.99. The molecule has 28 heavy (non-hydrogen) atoms. The molecule has 11 heteroatoms. The molecule has 0 aliphatic heterocycles. The Morgan fingerprint density at radius 2 is 1.96 bits per heavy atom. The van der Waals surface area contributed by atoms with E-state index in [0.717, 1.165) is 5.69 Å². The summed E-state index contributed by atoms with van der Waals surface area (Å²) in [5.41, 5.74) is 1.62. The van der Waals surface area contributed by atoms with Crippen molar-refractivity contribution in [1.82, 2.24) is 25.2 Å². The number of aromatic nitrogens is 5. The first-order valence-electron chi connectivity index (χ1n) is 8.25. The van der Waals surface area contributed by atoms with Gasteiger partial charge in [-0.25, -0.2) is 9.78 Å². The van der Waals surface area contributed by atoms with Gasteiger partial charge in [0.15, 0.2) is 5.13 Å². The number of thiazole rings is 1. The molecule has 0 saturated heterocycles. The number of benzene rings is 1. The van der Waals surface area contributed by atoms with Crippen molar-refractivity contribution in [1.29, 1.82) is 0 Å². The standard InChI is InChI=1S/C17H18N6O3S2/c1-17(2,3)12-8-27-15(18-12)19-13(24)9-28-16-20-21-22-23(16)11-6-4-10(5-7-11)14(25)26/h4-8H,9H2,1-3H3,(H,25,26)(H,18,19,24). The molecule has 0 aliphatic rings. The van der Waals surface area contributed by atoms with Crippen molar-refractivity contribution in [2.75, 3.05) is 11.1 Å². The Labute approximate surface area is 169 Å². The van der Waals surface area contributed by atoms with E-state index in [9.17, 15) is 9.59 Å². The fourth-order valence-electron chi connectivity index (χ4n) is 2.14. The zero-order valence-corrected chi connectivity index (χ0v) is 17.0. The number of nitrogens with zero attached hydrogens (tertiary/aromatic N) is 5. The maximum absolute atomic E-state index is 12.2. The van der Waals surface area contributed by atoms with Gasteiger partial charge in [-0.2, -0.15) is 4.68 Å². The first kappa shape index (κ1) is 20.0. The van der Waals surface area contributed by atoms with Gasteiger partial charge in [-0.1, -0.05) is 32.5 Å². The van der Waals surface area contributed by atoms with Gasteiger partial charge in [0.2, 0.25) is 11.1 Å². The molecule has 0 aliphatic carbocycles. The van der Waals surface area contributed by atoms with Crippen LogP contribution in [0.2, 0.25) is 0 Å². The van der Waals surface area contributed by atoms with Gasteiger partial charge in [0.1, 0.15) is 0 Å². The molecule has 3 aromatic rings. The van der Waals surface area contributed by atoms with E-state index < -0.39 is 5.97 Å². The van der Waals surface area contributed by atoms with Crippen LogP contribution in [0.3, 0.4) is 0 Å². The van der Waals surface area contributed by atoms with Crippen LogP contribution in [0.15, 0.2) is 34.8 Å². The van der Waals surface area contributed by atoms with E-state index in [0.29, 0.717) is 16.0 Å². The van der Waals surface area contributed by atoms with Crippen molar-refractivity contribution in [2.45, 2.75) is 31.3 Å². The third-order valence-corrected chi connectivity index (χ3v) is 5.33. The van der Waals surface area contributed by atoms with Crippen molar-refractivity contribution < 1.29 is 14.7 Å². The minimum Gasteiger partial charge on any atom is -0.478 e. The van der Waals surface area contributed by atoms with Crippen LogP contribution in [-0.2, 0) is 10.2 Å². The molecule has 0 saturated carbocycles. The predicted molar refractivity (Wildman–Crippen MR) is 106 cm³/mol. The fourth-order valence-corrected chi connectivity index (χ4v) is 3.78. The lowest BCUT2D eigenvalue weighted by Gasteiger charge is -2.14. The molecular weight excluding hydrogens is 400 g/mol. The van der Waals surface area contributed by atoms with Crippen molar-refractivity contribution in [3.05, 3.63) is 40.9 Å². The summed E-state index contributed by atoms with van der Waals surface area (Å²) in [4.78, 5) is 27.6. The Morgan fingerprint density at radius 1 is 1.25 bits per heavy atom. The van der Waals surface area contributed by atoms with E-state index in [1.807, 2.05) is 5.38 Å². The van der Waals surface area contributed by atoms with E-state index in [1.54, 1.807) is 12.1 Å².